The fraction of sp³-hybridized carbons (Fsp3) is 0.647. The lowest BCUT2D eigenvalue weighted by molar-refractivity contribution is 0.172. The van der Waals surface area contributed by atoms with Crippen molar-refractivity contribution in [1.82, 2.24) is 9.62 Å². The monoisotopic (exact) mass is 340 g/mol. The lowest BCUT2D eigenvalue weighted by Gasteiger charge is -2.24. The van der Waals surface area contributed by atoms with Crippen molar-refractivity contribution in [2.24, 2.45) is 5.92 Å². The first kappa shape index (κ1) is 18.4. The fourth-order valence-corrected chi connectivity index (χ4v) is 4.50. The quantitative estimate of drug-likeness (QED) is 0.754. The predicted octanol–water partition coefficient (Wildman–Crippen LogP) is 1.59. The lowest BCUT2D eigenvalue weighted by atomic mass is 10.2. The van der Waals surface area contributed by atoms with E-state index in [1.807, 2.05) is 32.0 Å². The third kappa shape index (κ3) is 5.88. The number of β-amino-alcohol motifs (C(OH)–C–C–N with tert-alkyl or cyclic N) is 1. The second-order valence-corrected chi connectivity index (χ2v) is 8.45. The maximum Gasteiger partial charge on any atom is 0.211 e. The minimum atomic E-state index is -3.25. The summed E-state index contributed by atoms with van der Waals surface area (Å²) in [4.78, 5) is 2.16. The number of hydrogen-bond acceptors (Lipinski definition) is 4. The molecular weight excluding hydrogens is 312 g/mol. The van der Waals surface area contributed by atoms with Crippen LogP contribution in [0.5, 0.6) is 0 Å². The molecule has 0 bridgehead atoms. The van der Waals surface area contributed by atoms with Crippen LogP contribution in [0.15, 0.2) is 30.3 Å². The molecule has 0 amide bonds. The maximum atomic E-state index is 12.1. The number of aliphatic hydroxyl groups excluding tert-OH is 1. The van der Waals surface area contributed by atoms with E-state index in [4.69, 9.17) is 0 Å². The Labute approximate surface area is 139 Å². The van der Waals surface area contributed by atoms with Crippen LogP contribution in [0.2, 0.25) is 0 Å². The first-order valence-electron chi connectivity index (χ1n) is 8.33. The Kier molecular flexibility index (Phi) is 6.59. The smallest absolute Gasteiger partial charge is 0.211 e. The Bertz CT molecular complexity index is 577. The summed E-state index contributed by atoms with van der Waals surface area (Å²) in [5, 5.41) is 9.94. The van der Waals surface area contributed by atoms with E-state index < -0.39 is 10.0 Å². The largest absolute Gasteiger partial charge is 0.392 e. The van der Waals surface area contributed by atoms with Crippen molar-refractivity contribution in [2.45, 2.75) is 45.4 Å². The van der Waals surface area contributed by atoms with Gasteiger partial charge < -0.3 is 5.11 Å². The first-order valence-corrected chi connectivity index (χ1v) is 9.98. The molecule has 3 atom stereocenters. The van der Waals surface area contributed by atoms with Crippen molar-refractivity contribution in [3.8, 4) is 0 Å². The topological polar surface area (TPSA) is 69.6 Å². The molecule has 0 aliphatic carbocycles. The van der Waals surface area contributed by atoms with E-state index in [1.54, 1.807) is 0 Å². The SMILES string of the molecule is CCC(C)CS(=O)(=O)NCC1CC(O)CN1Cc1ccccc1. The number of hydrogen-bond donors (Lipinski definition) is 2. The molecule has 3 unspecified atom stereocenters. The highest BCUT2D eigenvalue weighted by molar-refractivity contribution is 7.89. The number of likely N-dealkylation sites (tertiary alicyclic amines) is 1. The molecule has 0 saturated carbocycles. The van der Waals surface area contributed by atoms with Crippen LogP contribution in [0, 0.1) is 5.92 Å². The van der Waals surface area contributed by atoms with Crippen molar-refractivity contribution in [3.05, 3.63) is 35.9 Å². The van der Waals surface area contributed by atoms with Gasteiger partial charge in [0.05, 0.1) is 11.9 Å². The Morgan fingerprint density at radius 1 is 1.35 bits per heavy atom. The Balaban J connectivity index is 1.92. The zero-order valence-electron chi connectivity index (χ0n) is 14.0. The molecule has 0 radical (unpaired) electrons. The van der Waals surface area contributed by atoms with Crippen molar-refractivity contribution in [2.75, 3.05) is 18.8 Å². The predicted molar refractivity (Wildman–Crippen MR) is 92.5 cm³/mol. The average Bonchev–Trinajstić information content (AvgIpc) is 2.85. The summed E-state index contributed by atoms with van der Waals surface area (Å²) in [5.74, 6) is 0.319. The molecule has 1 aliphatic heterocycles. The van der Waals surface area contributed by atoms with Gasteiger partial charge in [-0.2, -0.15) is 0 Å². The molecule has 23 heavy (non-hydrogen) atoms. The van der Waals surface area contributed by atoms with Gasteiger partial charge in [0.25, 0.3) is 0 Å². The average molecular weight is 340 g/mol. The van der Waals surface area contributed by atoms with Crippen molar-refractivity contribution >= 4 is 10.0 Å². The number of nitrogens with zero attached hydrogens (tertiary/aromatic N) is 1. The van der Waals surface area contributed by atoms with Crippen LogP contribution in [0.25, 0.3) is 0 Å². The normalized spacial score (nSPS) is 24.0. The van der Waals surface area contributed by atoms with Gasteiger partial charge in [0.2, 0.25) is 10.0 Å². The Morgan fingerprint density at radius 3 is 2.70 bits per heavy atom. The summed E-state index contributed by atoms with van der Waals surface area (Å²) in [7, 11) is -3.25. The van der Waals surface area contributed by atoms with E-state index >= 15 is 0 Å². The third-order valence-corrected chi connectivity index (χ3v) is 6.09. The molecule has 1 heterocycles. The molecule has 1 aliphatic rings. The highest BCUT2D eigenvalue weighted by atomic mass is 32.2. The van der Waals surface area contributed by atoms with E-state index in [-0.39, 0.29) is 23.8 Å². The number of rotatable bonds is 8. The summed E-state index contributed by atoms with van der Waals surface area (Å²) >= 11 is 0. The molecule has 5 nitrogen and oxygen atoms in total. The molecule has 0 aromatic heterocycles. The molecule has 2 rings (SSSR count). The van der Waals surface area contributed by atoms with Gasteiger partial charge in [-0.15, -0.1) is 0 Å². The summed E-state index contributed by atoms with van der Waals surface area (Å²) in [5.41, 5.74) is 1.18. The highest BCUT2D eigenvalue weighted by Crippen LogP contribution is 2.20. The highest BCUT2D eigenvalue weighted by Gasteiger charge is 2.31. The number of benzene rings is 1. The fourth-order valence-electron chi connectivity index (χ4n) is 2.96. The molecule has 1 aromatic carbocycles. The van der Waals surface area contributed by atoms with Crippen LogP contribution >= 0.6 is 0 Å². The number of nitrogens with one attached hydrogen (secondary N) is 1. The minimum absolute atomic E-state index is 0.0388. The van der Waals surface area contributed by atoms with Crippen molar-refractivity contribution in [3.63, 3.8) is 0 Å². The van der Waals surface area contributed by atoms with Gasteiger partial charge in [-0.3, -0.25) is 4.90 Å². The van der Waals surface area contributed by atoms with E-state index in [9.17, 15) is 13.5 Å². The van der Waals surface area contributed by atoms with Gasteiger partial charge >= 0.3 is 0 Å². The van der Waals surface area contributed by atoms with Gasteiger partial charge in [-0.25, -0.2) is 13.1 Å². The molecule has 6 heteroatoms. The first-order chi connectivity index (χ1) is 10.9. The Morgan fingerprint density at radius 2 is 2.04 bits per heavy atom. The Hall–Kier alpha value is -0.950. The van der Waals surface area contributed by atoms with E-state index in [0.29, 0.717) is 19.5 Å². The van der Waals surface area contributed by atoms with Crippen LogP contribution < -0.4 is 4.72 Å². The van der Waals surface area contributed by atoms with E-state index in [2.05, 4.69) is 21.8 Å². The third-order valence-electron chi connectivity index (χ3n) is 4.47. The van der Waals surface area contributed by atoms with Crippen molar-refractivity contribution < 1.29 is 13.5 Å². The molecule has 0 spiro atoms. The molecule has 1 fully saturated rings. The van der Waals surface area contributed by atoms with Gasteiger partial charge in [0, 0.05) is 25.7 Å². The molecule has 1 aromatic rings. The second kappa shape index (κ2) is 8.24. The second-order valence-electron chi connectivity index (χ2n) is 6.60. The minimum Gasteiger partial charge on any atom is -0.392 e. The van der Waals surface area contributed by atoms with Crippen LogP contribution in [0.4, 0.5) is 0 Å². The summed E-state index contributed by atoms with van der Waals surface area (Å²) in [6.07, 6.45) is 1.07. The molecule has 2 N–H and O–H groups in total. The summed E-state index contributed by atoms with van der Waals surface area (Å²) in [6, 6.07) is 10.1. The van der Waals surface area contributed by atoms with Crippen LogP contribution in [0.3, 0.4) is 0 Å². The lowest BCUT2D eigenvalue weighted by Crippen LogP contribution is -2.41. The molecule has 130 valence electrons. The van der Waals surface area contributed by atoms with Crippen molar-refractivity contribution in [1.29, 1.82) is 0 Å². The van der Waals surface area contributed by atoms with Gasteiger partial charge in [-0.05, 0) is 17.9 Å². The molecule has 1 saturated heterocycles. The van der Waals surface area contributed by atoms with E-state index in [1.165, 1.54) is 5.56 Å². The van der Waals surface area contributed by atoms with Gasteiger partial charge in [-0.1, -0.05) is 50.6 Å². The van der Waals surface area contributed by atoms with Gasteiger partial charge in [0.1, 0.15) is 0 Å². The van der Waals surface area contributed by atoms with Crippen LogP contribution in [0.1, 0.15) is 32.3 Å². The zero-order chi connectivity index (χ0) is 16.9. The maximum absolute atomic E-state index is 12.1. The standard InChI is InChI=1S/C17H28N2O3S/c1-3-14(2)13-23(21,22)18-10-16-9-17(20)12-19(16)11-15-7-5-4-6-8-15/h4-8,14,16-18,20H,3,9-13H2,1-2H3. The zero-order valence-corrected chi connectivity index (χ0v) is 14.8. The van der Waals surface area contributed by atoms with E-state index in [0.717, 1.165) is 13.0 Å². The van der Waals surface area contributed by atoms with Gasteiger partial charge in [0.15, 0.2) is 0 Å². The summed E-state index contributed by atoms with van der Waals surface area (Å²) < 4.78 is 26.9. The molecular formula is C17H28N2O3S. The number of sulfonamides is 1. The number of aliphatic hydroxyl groups is 1. The summed E-state index contributed by atoms with van der Waals surface area (Å²) in [6.45, 7) is 5.63. The van der Waals surface area contributed by atoms with Crippen LogP contribution in [-0.4, -0.2) is 49.4 Å². The van der Waals surface area contributed by atoms with Crippen LogP contribution in [-0.2, 0) is 16.6 Å².